The second-order valence-electron chi connectivity index (χ2n) is 7.94. The molecule has 1 aliphatic heterocycles. The van der Waals surface area contributed by atoms with Gasteiger partial charge in [0.2, 0.25) is 0 Å². The fraction of sp³-hybridized carbons (Fsp3) is 0.364. The van der Waals surface area contributed by atoms with Crippen molar-refractivity contribution in [3.05, 3.63) is 71.7 Å². The number of aromatic nitrogens is 3. The van der Waals surface area contributed by atoms with Gasteiger partial charge in [0.25, 0.3) is 0 Å². The second-order valence-corrected chi connectivity index (χ2v) is 10.6. The van der Waals surface area contributed by atoms with E-state index in [0.29, 0.717) is 0 Å². The lowest BCUT2D eigenvalue weighted by Crippen LogP contribution is -2.50. The van der Waals surface area contributed by atoms with E-state index in [2.05, 4.69) is 10.3 Å². The Balaban J connectivity index is 1.62. The molecule has 178 valence electrons. The van der Waals surface area contributed by atoms with Crippen LogP contribution in [0.15, 0.2) is 48.7 Å². The van der Waals surface area contributed by atoms with Crippen LogP contribution in [0.3, 0.4) is 0 Å². The molecule has 2 aromatic carbocycles. The first-order chi connectivity index (χ1) is 15.8. The van der Waals surface area contributed by atoms with E-state index >= 15 is 0 Å². The summed E-state index contributed by atoms with van der Waals surface area (Å²) >= 11 is 0. The smallest absolute Gasteiger partial charge is 0.194 e. The fourth-order valence-electron chi connectivity index (χ4n) is 4.35. The SMILES string of the molecule is OC[C@@H]1[C@H](O)[C@@H](n2cc(-c3cc(F)c(F)c(F)c3)nn2)[C@@H](O)C[SH]1[C@@H](CO)c1ccccc1. The van der Waals surface area contributed by atoms with Crippen LogP contribution in [0.1, 0.15) is 16.9 Å². The van der Waals surface area contributed by atoms with Crippen molar-refractivity contribution in [2.24, 2.45) is 0 Å². The summed E-state index contributed by atoms with van der Waals surface area (Å²) in [6.45, 7) is -0.569. The maximum Gasteiger partial charge on any atom is 0.194 e. The molecule has 2 heterocycles. The molecule has 1 aliphatic rings. The van der Waals surface area contributed by atoms with Crippen molar-refractivity contribution in [1.29, 1.82) is 0 Å². The third-order valence-corrected chi connectivity index (χ3v) is 9.38. The summed E-state index contributed by atoms with van der Waals surface area (Å²) in [4.78, 5) is 0. The maximum absolute atomic E-state index is 13.6. The van der Waals surface area contributed by atoms with Crippen LogP contribution >= 0.6 is 10.9 Å². The van der Waals surface area contributed by atoms with Crippen molar-refractivity contribution >= 4 is 10.9 Å². The van der Waals surface area contributed by atoms with Crippen molar-refractivity contribution in [3.63, 3.8) is 0 Å². The number of hydrogen-bond donors (Lipinski definition) is 5. The van der Waals surface area contributed by atoms with Gasteiger partial charge in [-0.2, -0.15) is 0 Å². The van der Waals surface area contributed by atoms with Crippen LogP contribution in [-0.4, -0.2) is 71.8 Å². The van der Waals surface area contributed by atoms with Gasteiger partial charge in [-0.25, -0.2) is 28.7 Å². The van der Waals surface area contributed by atoms with Crippen LogP contribution in [0.25, 0.3) is 11.3 Å². The molecule has 11 heteroatoms. The number of benzene rings is 2. The van der Waals surface area contributed by atoms with Crippen LogP contribution in [-0.2, 0) is 0 Å². The van der Waals surface area contributed by atoms with Gasteiger partial charge in [0.1, 0.15) is 11.7 Å². The topological polar surface area (TPSA) is 112 Å². The fourth-order valence-corrected chi connectivity index (χ4v) is 7.53. The van der Waals surface area contributed by atoms with E-state index in [1.807, 2.05) is 30.3 Å². The van der Waals surface area contributed by atoms with Crippen LogP contribution < -0.4 is 0 Å². The summed E-state index contributed by atoms with van der Waals surface area (Å²) in [7, 11) is -1.22. The standard InChI is InChI=1S/C22H24F3N3O4S/c23-14-6-13(7-15(24)20(14)25)16-8-28(27-26-16)21-17(31)11-33(19(10-30)22(21)32)18(9-29)12-4-2-1-3-5-12/h1-8,17-19,21-22,29-33H,9-11H2/t17-,18-,19+,21-,22-/m0/s1. The maximum atomic E-state index is 13.6. The van der Waals surface area contributed by atoms with Gasteiger partial charge in [0.15, 0.2) is 17.5 Å². The average Bonchev–Trinajstić information content (AvgIpc) is 3.28. The molecule has 0 bridgehead atoms. The highest BCUT2D eigenvalue weighted by Crippen LogP contribution is 2.53. The Hall–Kier alpha value is -2.44. The number of rotatable bonds is 6. The van der Waals surface area contributed by atoms with Crippen molar-refractivity contribution in [3.8, 4) is 11.3 Å². The molecule has 1 aromatic heterocycles. The summed E-state index contributed by atoms with van der Waals surface area (Å²) < 4.78 is 41.7. The number of aliphatic hydroxyl groups is 4. The second kappa shape index (κ2) is 9.82. The first-order valence-corrected chi connectivity index (χ1v) is 12.0. The molecule has 1 unspecified atom stereocenters. The Morgan fingerprint density at radius 3 is 2.33 bits per heavy atom. The van der Waals surface area contributed by atoms with Crippen molar-refractivity contribution in [2.75, 3.05) is 19.0 Å². The summed E-state index contributed by atoms with van der Waals surface area (Å²) in [5, 5.41) is 48.9. The van der Waals surface area contributed by atoms with Crippen LogP contribution in [0.4, 0.5) is 13.2 Å². The number of halogens is 3. The predicted molar refractivity (Wildman–Crippen MR) is 117 cm³/mol. The quantitative estimate of drug-likeness (QED) is 0.270. The third kappa shape index (κ3) is 4.51. The molecule has 0 saturated carbocycles. The Kier molecular flexibility index (Phi) is 7.05. The lowest BCUT2D eigenvalue weighted by molar-refractivity contribution is 0.00719. The zero-order chi connectivity index (χ0) is 23.7. The van der Waals surface area contributed by atoms with Gasteiger partial charge in [0, 0.05) is 21.8 Å². The van der Waals surface area contributed by atoms with Gasteiger partial charge in [-0.1, -0.05) is 35.5 Å². The zero-order valence-corrected chi connectivity index (χ0v) is 18.2. The van der Waals surface area contributed by atoms with Gasteiger partial charge in [-0.05, 0) is 17.7 Å². The third-order valence-electron chi connectivity index (χ3n) is 6.00. The van der Waals surface area contributed by atoms with Gasteiger partial charge < -0.3 is 20.4 Å². The van der Waals surface area contributed by atoms with Gasteiger partial charge >= 0.3 is 0 Å². The Morgan fingerprint density at radius 2 is 1.73 bits per heavy atom. The Morgan fingerprint density at radius 1 is 1.06 bits per heavy atom. The minimum Gasteiger partial charge on any atom is -0.395 e. The molecule has 0 spiro atoms. The van der Waals surface area contributed by atoms with Crippen molar-refractivity contribution < 1.29 is 33.6 Å². The molecule has 4 rings (SSSR count). The molecule has 1 saturated heterocycles. The van der Waals surface area contributed by atoms with Crippen molar-refractivity contribution in [2.45, 2.75) is 28.7 Å². The predicted octanol–water partition coefficient (Wildman–Crippen LogP) is 1.73. The monoisotopic (exact) mass is 483 g/mol. The van der Waals surface area contributed by atoms with E-state index < -0.39 is 51.8 Å². The molecule has 0 aliphatic carbocycles. The Labute approximate surface area is 190 Å². The molecule has 1 fully saturated rings. The largest absolute Gasteiger partial charge is 0.395 e. The lowest BCUT2D eigenvalue weighted by Gasteiger charge is -2.47. The van der Waals surface area contributed by atoms with E-state index in [9.17, 15) is 33.6 Å². The van der Waals surface area contributed by atoms with Crippen molar-refractivity contribution in [1.82, 2.24) is 15.0 Å². The summed E-state index contributed by atoms with van der Waals surface area (Å²) in [5.74, 6) is -4.13. The van der Waals surface area contributed by atoms with E-state index in [4.69, 9.17) is 0 Å². The molecule has 7 nitrogen and oxygen atoms in total. The first kappa shape index (κ1) is 23.7. The normalized spacial score (nSPS) is 27.4. The van der Waals surface area contributed by atoms with Crippen LogP contribution in [0.5, 0.6) is 0 Å². The minimum absolute atomic E-state index is 0.0260. The highest BCUT2D eigenvalue weighted by molar-refractivity contribution is 8.17. The molecule has 0 radical (unpaired) electrons. The molecular formula is C22H24F3N3O4S. The Bertz CT molecular complexity index is 1080. The summed E-state index contributed by atoms with van der Waals surface area (Å²) in [5.41, 5.74) is 0.826. The van der Waals surface area contributed by atoms with Crippen LogP contribution in [0, 0.1) is 17.5 Å². The molecule has 33 heavy (non-hydrogen) atoms. The van der Waals surface area contributed by atoms with Gasteiger partial charge in [-0.15, -0.1) is 5.10 Å². The highest BCUT2D eigenvalue weighted by Gasteiger charge is 2.45. The number of thiol groups is 1. The van der Waals surface area contributed by atoms with Crippen LogP contribution in [0.2, 0.25) is 0 Å². The molecule has 6 atom stereocenters. The van der Waals surface area contributed by atoms with E-state index in [1.165, 1.54) is 10.9 Å². The molecular weight excluding hydrogens is 459 g/mol. The first-order valence-electron chi connectivity index (χ1n) is 10.3. The minimum atomic E-state index is -1.60. The number of hydrogen-bond acceptors (Lipinski definition) is 6. The zero-order valence-electron chi connectivity index (χ0n) is 17.3. The van der Waals surface area contributed by atoms with Gasteiger partial charge in [0.05, 0.1) is 31.6 Å². The summed E-state index contributed by atoms with van der Waals surface area (Å²) in [6, 6.07) is 9.80. The van der Waals surface area contributed by atoms with Gasteiger partial charge in [-0.3, -0.25) is 0 Å². The molecule has 0 amide bonds. The van der Waals surface area contributed by atoms with E-state index in [1.54, 1.807) is 0 Å². The highest BCUT2D eigenvalue weighted by atomic mass is 32.2. The lowest BCUT2D eigenvalue weighted by atomic mass is 10.0. The average molecular weight is 484 g/mol. The van der Waals surface area contributed by atoms with E-state index in [0.717, 1.165) is 17.7 Å². The number of nitrogens with zero attached hydrogens (tertiary/aromatic N) is 3. The number of aliphatic hydroxyl groups excluding tert-OH is 4. The summed E-state index contributed by atoms with van der Waals surface area (Å²) in [6.07, 6.45) is -1.01. The molecule has 3 aromatic rings. The van der Waals surface area contributed by atoms with E-state index in [-0.39, 0.29) is 35.5 Å². The molecule has 4 N–H and O–H groups in total.